The lowest BCUT2D eigenvalue weighted by Crippen LogP contribution is -2.38. The van der Waals surface area contributed by atoms with Crippen LogP contribution in [0.4, 0.5) is 4.39 Å². The van der Waals surface area contributed by atoms with Crippen molar-refractivity contribution < 1.29 is 9.13 Å². The van der Waals surface area contributed by atoms with Gasteiger partial charge in [0.05, 0.1) is 13.2 Å². The van der Waals surface area contributed by atoms with E-state index in [1.807, 2.05) is 37.3 Å². The fraction of sp³-hybridized carbons (Fsp3) is 0.316. The van der Waals surface area contributed by atoms with Gasteiger partial charge >= 0.3 is 0 Å². The Morgan fingerprint density at radius 3 is 2.50 bits per heavy atom. The molecule has 24 heavy (non-hydrogen) atoms. The quantitative estimate of drug-likeness (QED) is 0.651. The van der Waals surface area contributed by atoms with E-state index in [0.29, 0.717) is 18.1 Å². The van der Waals surface area contributed by atoms with E-state index >= 15 is 0 Å². The molecular formula is C19H24FN3O. The number of methoxy groups -OCH3 is 1. The van der Waals surface area contributed by atoms with Crippen molar-refractivity contribution in [1.29, 1.82) is 0 Å². The molecule has 2 aromatic carbocycles. The van der Waals surface area contributed by atoms with Gasteiger partial charge < -0.3 is 15.4 Å². The van der Waals surface area contributed by atoms with Gasteiger partial charge in [0.2, 0.25) is 0 Å². The van der Waals surface area contributed by atoms with Gasteiger partial charge in [0.25, 0.3) is 0 Å². The maximum atomic E-state index is 13.7. The molecule has 4 nitrogen and oxygen atoms in total. The van der Waals surface area contributed by atoms with E-state index in [2.05, 4.69) is 15.6 Å². The largest absolute Gasteiger partial charge is 0.497 e. The molecule has 0 amide bonds. The molecule has 2 N–H and O–H groups in total. The number of ether oxygens (including phenoxy) is 1. The van der Waals surface area contributed by atoms with E-state index in [1.165, 1.54) is 0 Å². The molecule has 0 spiro atoms. The first-order valence-electron chi connectivity index (χ1n) is 7.89. The Morgan fingerprint density at radius 1 is 1.21 bits per heavy atom. The summed E-state index contributed by atoms with van der Waals surface area (Å²) in [6, 6.07) is 13.1. The van der Waals surface area contributed by atoms with Crippen molar-refractivity contribution in [3.63, 3.8) is 0 Å². The Kier molecular flexibility index (Phi) is 6.18. The van der Waals surface area contributed by atoms with Crippen LogP contribution in [0.25, 0.3) is 0 Å². The number of aryl methyl sites for hydroxylation is 1. The third-order valence-corrected chi connectivity index (χ3v) is 3.89. The van der Waals surface area contributed by atoms with Gasteiger partial charge in [-0.1, -0.05) is 24.3 Å². The fourth-order valence-corrected chi connectivity index (χ4v) is 2.29. The summed E-state index contributed by atoms with van der Waals surface area (Å²) >= 11 is 0. The molecule has 1 atom stereocenters. The van der Waals surface area contributed by atoms with Crippen molar-refractivity contribution in [2.75, 3.05) is 14.2 Å². The van der Waals surface area contributed by atoms with Gasteiger partial charge in [0, 0.05) is 13.6 Å². The van der Waals surface area contributed by atoms with Crippen LogP contribution in [0.3, 0.4) is 0 Å². The average molecular weight is 329 g/mol. The second kappa shape index (κ2) is 8.34. The smallest absolute Gasteiger partial charge is 0.191 e. The molecule has 0 aliphatic heterocycles. The van der Waals surface area contributed by atoms with Crippen molar-refractivity contribution in [2.24, 2.45) is 4.99 Å². The zero-order valence-electron chi connectivity index (χ0n) is 14.6. The van der Waals surface area contributed by atoms with Crippen molar-refractivity contribution >= 4 is 5.96 Å². The molecule has 0 heterocycles. The van der Waals surface area contributed by atoms with E-state index in [9.17, 15) is 4.39 Å². The predicted molar refractivity (Wildman–Crippen MR) is 95.9 cm³/mol. The minimum atomic E-state index is -0.192. The van der Waals surface area contributed by atoms with Crippen LogP contribution in [-0.2, 0) is 6.54 Å². The van der Waals surface area contributed by atoms with Crippen LogP contribution in [0.1, 0.15) is 29.7 Å². The Morgan fingerprint density at radius 2 is 1.92 bits per heavy atom. The summed E-state index contributed by atoms with van der Waals surface area (Å²) in [5.74, 6) is 1.30. The summed E-state index contributed by atoms with van der Waals surface area (Å²) in [6.07, 6.45) is 0. The summed E-state index contributed by atoms with van der Waals surface area (Å²) in [7, 11) is 3.36. The van der Waals surface area contributed by atoms with E-state index in [1.54, 1.807) is 33.2 Å². The van der Waals surface area contributed by atoms with Gasteiger partial charge in [0.1, 0.15) is 11.6 Å². The number of rotatable bonds is 5. The minimum absolute atomic E-state index is 0.0535. The molecule has 0 aromatic heterocycles. The number of aliphatic imine (C=N–C) groups is 1. The maximum Gasteiger partial charge on any atom is 0.191 e. The number of hydrogen-bond donors (Lipinski definition) is 2. The number of halogens is 1. The van der Waals surface area contributed by atoms with Crippen LogP contribution in [0, 0.1) is 12.7 Å². The molecule has 2 rings (SSSR count). The van der Waals surface area contributed by atoms with E-state index < -0.39 is 0 Å². The molecule has 0 saturated heterocycles. The molecule has 0 aliphatic carbocycles. The van der Waals surface area contributed by atoms with E-state index in [4.69, 9.17) is 4.74 Å². The lowest BCUT2D eigenvalue weighted by atomic mass is 10.1. The van der Waals surface area contributed by atoms with Crippen molar-refractivity contribution in [3.05, 3.63) is 65.0 Å². The Hall–Kier alpha value is -2.56. The lowest BCUT2D eigenvalue weighted by Gasteiger charge is -2.19. The highest BCUT2D eigenvalue weighted by molar-refractivity contribution is 5.80. The zero-order valence-corrected chi connectivity index (χ0v) is 14.6. The van der Waals surface area contributed by atoms with Gasteiger partial charge in [0.15, 0.2) is 5.96 Å². The average Bonchev–Trinajstić information content (AvgIpc) is 2.61. The summed E-state index contributed by atoms with van der Waals surface area (Å²) in [5.41, 5.74) is 2.64. The third-order valence-electron chi connectivity index (χ3n) is 3.89. The number of hydrogen-bond acceptors (Lipinski definition) is 2. The molecule has 1 unspecified atom stereocenters. The van der Waals surface area contributed by atoms with Gasteiger partial charge in [-0.2, -0.15) is 0 Å². The topological polar surface area (TPSA) is 45.7 Å². The number of nitrogens with zero attached hydrogens (tertiary/aromatic N) is 1. The maximum absolute atomic E-state index is 13.7. The highest BCUT2D eigenvalue weighted by Crippen LogP contribution is 2.16. The highest BCUT2D eigenvalue weighted by atomic mass is 19.1. The summed E-state index contributed by atoms with van der Waals surface area (Å²) in [5, 5.41) is 6.52. The van der Waals surface area contributed by atoms with E-state index in [-0.39, 0.29) is 11.9 Å². The van der Waals surface area contributed by atoms with Gasteiger partial charge in [-0.05, 0) is 48.7 Å². The zero-order chi connectivity index (χ0) is 17.5. The van der Waals surface area contributed by atoms with Crippen molar-refractivity contribution in [1.82, 2.24) is 10.6 Å². The Labute approximate surface area is 142 Å². The highest BCUT2D eigenvalue weighted by Gasteiger charge is 2.09. The van der Waals surface area contributed by atoms with Gasteiger partial charge in [-0.25, -0.2) is 4.39 Å². The lowest BCUT2D eigenvalue weighted by molar-refractivity contribution is 0.414. The van der Waals surface area contributed by atoms with Crippen LogP contribution < -0.4 is 15.4 Å². The molecule has 0 saturated carbocycles. The summed E-state index contributed by atoms with van der Waals surface area (Å²) in [4.78, 5) is 4.22. The Bertz CT molecular complexity index is 698. The fourth-order valence-electron chi connectivity index (χ4n) is 2.29. The first-order chi connectivity index (χ1) is 11.5. The first-order valence-corrected chi connectivity index (χ1v) is 7.89. The van der Waals surface area contributed by atoms with E-state index in [0.717, 1.165) is 16.9 Å². The van der Waals surface area contributed by atoms with Gasteiger partial charge in [-0.15, -0.1) is 0 Å². The van der Waals surface area contributed by atoms with Crippen LogP contribution in [0.15, 0.2) is 47.5 Å². The van der Waals surface area contributed by atoms with Crippen molar-refractivity contribution in [2.45, 2.75) is 26.4 Å². The molecular weight excluding hydrogens is 305 g/mol. The SMILES string of the molecule is CN=C(NCc1ccc(OC)cc1)NC(C)c1ccc(C)c(F)c1. The van der Waals surface area contributed by atoms with Crippen LogP contribution in [0.5, 0.6) is 5.75 Å². The Balaban J connectivity index is 1.94. The molecule has 5 heteroatoms. The summed E-state index contributed by atoms with van der Waals surface area (Å²) < 4.78 is 18.9. The summed E-state index contributed by atoms with van der Waals surface area (Å²) in [6.45, 7) is 4.37. The molecule has 0 fully saturated rings. The number of guanidine groups is 1. The molecule has 2 aromatic rings. The predicted octanol–water partition coefficient (Wildman–Crippen LogP) is 3.57. The van der Waals surface area contributed by atoms with Gasteiger partial charge in [-0.3, -0.25) is 4.99 Å². The monoisotopic (exact) mass is 329 g/mol. The third kappa shape index (κ3) is 4.72. The first kappa shape index (κ1) is 17.8. The minimum Gasteiger partial charge on any atom is -0.497 e. The second-order valence-corrected chi connectivity index (χ2v) is 5.65. The molecule has 128 valence electrons. The molecule has 0 bridgehead atoms. The molecule has 0 radical (unpaired) electrons. The normalized spacial score (nSPS) is 12.6. The standard InChI is InChI=1S/C19H24FN3O/c1-13-5-8-16(11-18(13)20)14(2)23-19(21-3)22-12-15-6-9-17(24-4)10-7-15/h5-11,14H,12H2,1-4H3,(H2,21,22,23). The number of benzene rings is 2. The second-order valence-electron chi connectivity index (χ2n) is 5.65. The number of nitrogens with one attached hydrogen (secondary N) is 2. The van der Waals surface area contributed by atoms with Crippen molar-refractivity contribution in [3.8, 4) is 5.75 Å². The van der Waals surface area contributed by atoms with Crippen LogP contribution in [-0.4, -0.2) is 20.1 Å². The van der Waals surface area contributed by atoms with Crippen LogP contribution in [0.2, 0.25) is 0 Å². The van der Waals surface area contributed by atoms with Crippen LogP contribution >= 0.6 is 0 Å². The molecule has 0 aliphatic rings.